The van der Waals surface area contributed by atoms with Crippen LogP contribution in [0.4, 0.5) is 0 Å². The summed E-state index contributed by atoms with van der Waals surface area (Å²) in [7, 11) is 0. The number of hydrogen-bond donors (Lipinski definition) is 3. The second-order valence-corrected chi connectivity index (χ2v) is 3.49. The van der Waals surface area contributed by atoms with Crippen LogP contribution in [0.5, 0.6) is 0 Å². The van der Waals surface area contributed by atoms with E-state index in [4.69, 9.17) is 18.0 Å². The predicted octanol–water partition coefficient (Wildman–Crippen LogP) is 1.68. The minimum atomic E-state index is -0.110. The van der Waals surface area contributed by atoms with Crippen LogP contribution in [0.2, 0.25) is 0 Å². The zero-order valence-corrected chi connectivity index (χ0v) is 8.40. The third-order valence-corrected chi connectivity index (χ3v) is 2.09. The summed E-state index contributed by atoms with van der Waals surface area (Å²) in [4.78, 5) is 4.04. The molecule has 0 amide bonds. The fourth-order valence-corrected chi connectivity index (χ4v) is 1.22. The monoisotopic (exact) mass is 198 g/mol. The fourth-order valence-electron chi connectivity index (χ4n) is 1.07. The second-order valence-electron chi connectivity index (χ2n) is 3.11. The first-order valence-corrected chi connectivity index (χ1v) is 4.57. The van der Waals surface area contributed by atoms with Crippen LogP contribution >= 0.6 is 12.2 Å². The lowest BCUT2D eigenvalue weighted by molar-refractivity contribution is 0.531. The molecule has 1 heterocycles. The molecule has 1 aromatic rings. The minimum absolute atomic E-state index is 0.110. The first kappa shape index (κ1) is 10.1. The van der Waals surface area contributed by atoms with Gasteiger partial charge in [0.15, 0.2) is 0 Å². The summed E-state index contributed by atoms with van der Waals surface area (Å²) in [6, 6.07) is -0.110. The highest BCUT2D eigenvalue weighted by molar-refractivity contribution is 7.71. The van der Waals surface area contributed by atoms with Crippen molar-refractivity contribution in [2.45, 2.75) is 19.4 Å². The van der Waals surface area contributed by atoms with Gasteiger partial charge < -0.3 is 5.73 Å². The lowest BCUT2D eigenvalue weighted by atomic mass is 10.0. The molecule has 0 radical (unpaired) electrons. The molecule has 13 heavy (non-hydrogen) atoms. The van der Waals surface area contributed by atoms with Crippen LogP contribution in [0.1, 0.15) is 25.2 Å². The first-order chi connectivity index (χ1) is 6.13. The van der Waals surface area contributed by atoms with Gasteiger partial charge in [-0.25, -0.2) is 4.98 Å². The molecule has 0 spiro atoms. The highest BCUT2D eigenvalue weighted by Crippen LogP contribution is 2.15. The van der Waals surface area contributed by atoms with Gasteiger partial charge in [-0.3, -0.25) is 10.2 Å². The summed E-state index contributed by atoms with van der Waals surface area (Å²) in [5.74, 6) is 1.09. The Kier molecular flexibility index (Phi) is 3.39. The molecular weight excluding hydrogens is 184 g/mol. The molecule has 1 rings (SSSR count). The number of H-pyrrole nitrogens is 2. The molecule has 72 valence electrons. The van der Waals surface area contributed by atoms with Crippen molar-refractivity contribution in [3.63, 3.8) is 0 Å². The lowest BCUT2D eigenvalue weighted by Gasteiger charge is -2.10. The first-order valence-electron chi connectivity index (χ1n) is 4.16. The number of aromatic nitrogens is 3. The number of nitrogens with two attached hydrogens (primary N) is 1. The van der Waals surface area contributed by atoms with E-state index < -0.39 is 0 Å². The number of allylic oxidation sites excluding steroid dienone is 1. The summed E-state index contributed by atoms with van der Waals surface area (Å²) < 4.78 is 0.441. The quantitative estimate of drug-likeness (QED) is 0.509. The largest absolute Gasteiger partial charge is 0.321 e. The average Bonchev–Trinajstić information content (AvgIpc) is 2.51. The van der Waals surface area contributed by atoms with Crippen molar-refractivity contribution in [3.05, 3.63) is 23.3 Å². The van der Waals surface area contributed by atoms with Gasteiger partial charge in [0.25, 0.3) is 0 Å². The molecule has 5 heteroatoms. The van der Waals surface area contributed by atoms with Crippen LogP contribution in [-0.4, -0.2) is 15.2 Å². The van der Waals surface area contributed by atoms with Crippen LogP contribution in [-0.2, 0) is 0 Å². The van der Waals surface area contributed by atoms with E-state index in [1.807, 2.05) is 6.08 Å². The van der Waals surface area contributed by atoms with Crippen molar-refractivity contribution in [2.75, 3.05) is 0 Å². The number of rotatable bonds is 4. The van der Waals surface area contributed by atoms with Crippen molar-refractivity contribution >= 4 is 12.2 Å². The van der Waals surface area contributed by atoms with E-state index in [2.05, 4.69) is 28.7 Å². The van der Waals surface area contributed by atoms with Crippen LogP contribution in [0.15, 0.2) is 12.7 Å². The Morgan fingerprint density at radius 2 is 2.38 bits per heavy atom. The third kappa shape index (κ3) is 2.78. The van der Waals surface area contributed by atoms with Gasteiger partial charge in [-0.15, -0.1) is 6.58 Å². The maximum Gasteiger partial charge on any atom is 0.213 e. The van der Waals surface area contributed by atoms with Crippen LogP contribution in [0.3, 0.4) is 0 Å². The predicted molar refractivity (Wildman–Crippen MR) is 54.7 cm³/mol. The number of nitrogens with zero attached hydrogens (tertiary/aromatic N) is 1. The Morgan fingerprint density at radius 3 is 2.85 bits per heavy atom. The molecule has 1 aromatic heterocycles. The smallest absolute Gasteiger partial charge is 0.213 e. The molecule has 0 aromatic carbocycles. The zero-order valence-electron chi connectivity index (χ0n) is 7.58. The van der Waals surface area contributed by atoms with Gasteiger partial charge in [0.1, 0.15) is 5.82 Å². The summed E-state index contributed by atoms with van der Waals surface area (Å²) in [6.45, 7) is 5.76. The molecule has 0 aliphatic carbocycles. The van der Waals surface area contributed by atoms with Gasteiger partial charge in [-0.1, -0.05) is 13.0 Å². The number of nitrogens with one attached hydrogen (secondary N) is 2. The molecule has 4 N–H and O–H groups in total. The van der Waals surface area contributed by atoms with E-state index in [-0.39, 0.29) is 6.04 Å². The Morgan fingerprint density at radius 1 is 1.69 bits per heavy atom. The van der Waals surface area contributed by atoms with Crippen molar-refractivity contribution in [1.29, 1.82) is 0 Å². The van der Waals surface area contributed by atoms with Crippen molar-refractivity contribution in [2.24, 2.45) is 11.7 Å². The molecule has 0 saturated heterocycles. The Balaban J connectivity index is 2.63. The van der Waals surface area contributed by atoms with E-state index in [1.165, 1.54) is 0 Å². The van der Waals surface area contributed by atoms with E-state index in [0.717, 1.165) is 6.42 Å². The van der Waals surface area contributed by atoms with Gasteiger partial charge in [-0.05, 0) is 24.6 Å². The maximum atomic E-state index is 5.88. The maximum absolute atomic E-state index is 5.88. The summed E-state index contributed by atoms with van der Waals surface area (Å²) in [6.07, 6.45) is 2.70. The summed E-state index contributed by atoms with van der Waals surface area (Å²) in [5, 5.41) is 5.55. The zero-order chi connectivity index (χ0) is 9.84. The third-order valence-electron chi connectivity index (χ3n) is 1.90. The lowest BCUT2D eigenvalue weighted by Crippen LogP contribution is -2.14. The SMILES string of the molecule is C=CC(C)CC(N)c1nc(=S)[nH][nH]1. The Bertz CT molecular complexity index is 327. The highest BCUT2D eigenvalue weighted by Gasteiger charge is 2.11. The Labute approximate surface area is 82.2 Å². The van der Waals surface area contributed by atoms with Gasteiger partial charge in [0.05, 0.1) is 6.04 Å². The van der Waals surface area contributed by atoms with Gasteiger partial charge in [0.2, 0.25) is 4.77 Å². The molecule has 0 saturated carbocycles. The van der Waals surface area contributed by atoms with E-state index in [1.54, 1.807) is 0 Å². The van der Waals surface area contributed by atoms with E-state index >= 15 is 0 Å². The summed E-state index contributed by atoms with van der Waals surface area (Å²) >= 11 is 4.82. The van der Waals surface area contributed by atoms with E-state index in [0.29, 0.717) is 16.5 Å². The second kappa shape index (κ2) is 4.34. The molecular formula is C8H14N4S. The minimum Gasteiger partial charge on any atom is -0.321 e. The summed E-state index contributed by atoms with van der Waals surface area (Å²) in [5.41, 5.74) is 5.88. The highest BCUT2D eigenvalue weighted by atomic mass is 32.1. The molecule has 0 aliphatic rings. The van der Waals surface area contributed by atoms with Gasteiger partial charge in [0, 0.05) is 0 Å². The molecule has 4 nitrogen and oxygen atoms in total. The normalized spacial score (nSPS) is 15.2. The molecule has 0 aliphatic heterocycles. The van der Waals surface area contributed by atoms with Gasteiger partial charge in [-0.2, -0.15) is 0 Å². The number of aromatic amines is 2. The molecule has 0 bridgehead atoms. The molecule has 0 fully saturated rings. The number of hydrogen-bond acceptors (Lipinski definition) is 3. The topological polar surface area (TPSA) is 70.5 Å². The Hall–Kier alpha value is -0.940. The molecule has 2 atom stereocenters. The van der Waals surface area contributed by atoms with E-state index in [9.17, 15) is 0 Å². The van der Waals surface area contributed by atoms with Crippen molar-refractivity contribution < 1.29 is 0 Å². The van der Waals surface area contributed by atoms with Gasteiger partial charge >= 0.3 is 0 Å². The average molecular weight is 198 g/mol. The standard InChI is InChI=1S/C8H14N4S/c1-3-5(2)4-6(9)7-10-8(13)12-11-7/h3,5-6H,1,4,9H2,2H3,(H2,10,11,12,13). The fraction of sp³-hybridized carbons (Fsp3) is 0.500. The van der Waals surface area contributed by atoms with Crippen molar-refractivity contribution in [3.8, 4) is 0 Å². The van der Waals surface area contributed by atoms with Crippen LogP contribution in [0.25, 0.3) is 0 Å². The van der Waals surface area contributed by atoms with Crippen LogP contribution in [0, 0.1) is 10.7 Å². The molecule has 2 unspecified atom stereocenters. The van der Waals surface area contributed by atoms with Crippen LogP contribution < -0.4 is 5.73 Å². The van der Waals surface area contributed by atoms with Crippen molar-refractivity contribution in [1.82, 2.24) is 15.2 Å².